The highest BCUT2D eigenvalue weighted by Gasteiger charge is 2.11. The number of ketones is 1. The molecule has 0 saturated carbocycles. The standard InChI is InChI=1S/C10H10ClNOS/c11-6-9(13)7-1-2-10-8(5-7)12-3-4-14-10/h1-2,5,12H,3-4,6H2. The van der Waals surface area contributed by atoms with Gasteiger partial charge in [0.2, 0.25) is 0 Å². The largest absolute Gasteiger partial charge is 0.383 e. The fraction of sp³-hybridized carbons (Fsp3) is 0.300. The zero-order chi connectivity index (χ0) is 9.97. The van der Waals surface area contributed by atoms with Crippen LogP contribution in [0.15, 0.2) is 23.1 Å². The number of halogens is 1. The van der Waals surface area contributed by atoms with Gasteiger partial charge in [0.1, 0.15) is 0 Å². The molecule has 0 radical (unpaired) electrons. The predicted octanol–water partition coefficient (Wildman–Crippen LogP) is 2.63. The fourth-order valence-corrected chi connectivity index (χ4v) is 2.42. The van der Waals surface area contributed by atoms with Crippen molar-refractivity contribution in [2.24, 2.45) is 0 Å². The van der Waals surface area contributed by atoms with E-state index in [4.69, 9.17) is 11.6 Å². The van der Waals surface area contributed by atoms with Crippen molar-refractivity contribution < 1.29 is 4.79 Å². The lowest BCUT2D eigenvalue weighted by Crippen LogP contribution is -2.11. The molecule has 0 bridgehead atoms. The summed E-state index contributed by atoms with van der Waals surface area (Å²) in [4.78, 5) is 12.5. The number of Topliss-reactive ketones (excluding diaryl/α,β-unsaturated/α-hetero) is 1. The first kappa shape index (κ1) is 9.87. The first-order valence-corrected chi connectivity index (χ1v) is 5.93. The Morgan fingerprint density at radius 2 is 2.43 bits per heavy atom. The Kier molecular flexibility index (Phi) is 2.99. The van der Waals surface area contributed by atoms with Crippen molar-refractivity contribution in [3.63, 3.8) is 0 Å². The van der Waals surface area contributed by atoms with Crippen LogP contribution >= 0.6 is 23.4 Å². The van der Waals surface area contributed by atoms with E-state index in [1.165, 1.54) is 4.90 Å². The molecule has 0 atom stereocenters. The zero-order valence-corrected chi connectivity index (χ0v) is 9.12. The van der Waals surface area contributed by atoms with E-state index < -0.39 is 0 Å². The molecule has 1 aliphatic rings. The lowest BCUT2D eigenvalue weighted by atomic mass is 10.1. The Morgan fingerprint density at radius 3 is 3.21 bits per heavy atom. The number of anilines is 1. The molecule has 1 aromatic carbocycles. The number of fused-ring (bicyclic) bond motifs is 1. The molecule has 1 N–H and O–H groups in total. The van der Waals surface area contributed by atoms with E-state index in [1.54, 1.807) is 0 Å². The lowest BCUT2D eigenvalue weighted by Gasteiger charge is -2.17. The average Bonchev–Trinajstić information content (AvgIpc) is 2.27. The molecule has 2 nitrogen and oxygen atoms in total. The minimum Gasteiger partial charge on any atom is -0.383 e. The summed E-state index contributed by atoms with van der Waals surface area (Å²) in [7, 11) is 0. The van der Waals surface area contributed by atoms with Crippen molar-refractivity contribution in [1.82, 2.24) is 0 Å². The highest BCUT2D eigenvalue weighted by Crippen LogP contribution is 2.31. The van der Waals surface area contributed by atoms with Crippen LogP contribution in [0.5, 0.6) is 0 Å². The van der Waals surface area contributed by atoms with Crippen LogP contribution in [0, 0.1) is 0 Å². The van der Waals surface area contributed by atoms with Crippen molar-refractivity contribution in [3.05, 3.63) is 23.8 Å². The quantitative estimate of drug-likeness (QED) is 0.622. The second-order valence-corrected chi connectivity index (χ2v) is 4.45. The second kappa shape index (κ2) is 4.24. The minimum atomic E-state index is -0.0214. The van der Waals surface area contributed by atoms with E-state index in [-0.39, 0.29) is 11.7 Å². The van der Waals surface area contributed by atoms with E-state index in [0.717, 1.165) is 18.0 Å². The lowest BCUT2D eigenvalue weighted by molar-refractivity contribution is 0.102. The molecule has 0 aliphatic carbocycles. The monoisotopic (exact) mass is 227 g/mol. The summed E-state index contributed by atoms with van der Waals surface area (Å²) in [6.45, 7) is 0.955. The molecule has 0 amide bonds. The maximum Gasteiger partial charge on any atom is 0.177 e. The van der Waals surface area contributed by atoms with Gasteiger partial charge in [0, 0.05) is 28.4 Å². The normalized spacial score (nSPS) is 14.4. The van der Waals surface area contributed by atoms with Gasteiger partial charge in [-0.1, -0.05) is 6.07 Å². The molecular formula is C10H10ClNOS. The maximum atomic E-state index is 11.3. The molecule has 74 valence electrons. The van der Waals surface area contributed by atoms with Crippen LogP contribution in [-0.4, -0.2) is 24.0 Å². The van der Waals surface area contributed by atoms with Crippen LogP contribution in [0.4, 0.5) is 5.69 Å². The molecule has 1 aromatic rings. The second-order valence-electron chi connectivity index (χ2n) is 3.04. The van der Waals surface area contributed by atoms with Crippen molar-refractivity contribution >= 4 is 34.8 Å². The average molecular weight is 228 g/mol. The summed E-state index contributed by atoms with van der Waals surface area (Å²) in [6, 6.07) is 5.70. The Morgan fingerprint density at radius 1 is 1.57 bits per heavy atom. The van der Waals surface area contributed by atoms with Crippen molar-refractivity contribution in [3.8, 4) is 0 Å². The van der Waals surface area contributed by atoms with E-state index in [1.807, 2.05) is 30.0 Å². The van der Waals surface area contributed by atoms with Gasteiger partial charge in [0.05, 0.1) is 5.88 Å². The Hall–Kier alpha value is -0.670. The third kappa shape index (κ3) is 1.88. The van der Waals surface area contributed by atoms with Crippen LogP contribution in [0.25, 0.3) is 0 Å². The number of hydrogen-bond acceptors (Lipinski definition) is 3. The van der Waals surface area contributed by atoms with Gasteiger partial charge >= 0.3 is 0 Å². The summed E-state index contributed by atoms with van der Waals surface area (Å²) in [5, 5.41) is 3.27. The number of thioether (sulfide) groups is 1. The summed E-state index contributed by atoms with van der Waals surface area (Å²) >= 11 is 7.30. The van der Waals surface area contributed by atoms with Crippen molar-refractivity contribution in [2.75, 3.05) is 23.5 Å². The molecule has 1 aliphatic heterocycles. The Bertz CT molecular complexity index is 367. The smallest absolute Gasteiger partial charge is 0.177 e. The van der Waals surface area contributed by atoms with Gasteiger partial charge in [-0.05, 0) is 12.1 Å². The van der Waals surface area contributed by atoms with Gasteiger partial charge in [0.15, 0.2) is 5.78 Å². The number of nitrogens with one attached hydrogen (secondary N) is 1. The Balaban J connectivity index is 2.33. The summed E-state index contributed by atoms with van der Waals surface area (Å²) < 4.78 is 0. The summed E-state index contributed by atoms with van der Waals surface area (Å²) in [5.41, 5.74) is 1.74. The maximum absolute atomic E-state index is 11.3. The van der Waals surface area contributed by atoms with Gasteiger partial charge in [0.25, 0.3) is 0 Å². The first-order chi connectivity index (χ1) is 6.81. The van der Waals surface area contributed by atoms with Gasteiger partial charge in [-0.2, -0.15) is 0 Å². The van der Waals surface area contributed by atoms with Crippen LogP contribution in [0.2, 0.25) is 0 Å². The van der Waals surface area contributed by atoms with Crippen LogP contribution < -0.4 is 5.32 Å². The van der Waals surface area contributed by atoms with Crippen LogP contribution in [0.3, 0.4) is 0 Å². The number of benzene rings is 1. The van der Waals surface area contributed by atoms with Gasteiger partial charge in [-0.3, -0.25) is 4.79 Å². The topological polar surface area (TPSA) is 29.1 Å². The highest BCUT2D eigenvalue weighted by atomic mass is 35.5. The molecule has 0 saturated heterocycles. The van der Waals surface area contributed by atoms with E-state index in [9.17, 15) is 4.79 Å². The molecule has 2 rings (SSSR count). The van der Waals surface area contributed by atoms with Crippen LogP contribution in [-0.2, 0) is 0 Å². The third-order valence-corrected chi connectivity index (χ3v) is 3.42. The number of hydrogen-bond donors (Lipinski definition) is 1. The van der Waals surface area contributed by atoms with Crippen molar-refractivity contribution in [2.45, 2.75) is 4.90 Å². The van der Waals surface area contributed by atoms with Gasteiger partial charge in [-0.25, -0.2) is 0 Å². The number of carbonyl (C=O) groups excluding carboxylic acids is 1. The third-order valence-electron chi connectivity index (χ3n) is 2.10. The predicted molar refractivity (Wildman–Crippen MR) is 60.7 cm³/mol. The zero-order valence-electron chi connectivity index (χ0n) is 7.55. The van der Waals surface area contributed by atoms with E-state index in [0.29, 0.717) is 5.56 Å². The Labute approximate surface area is 92.0 Å². The molecular weight excluding hydrogens is 218 g/mol. The van der Waals surface area contributed by atoms with Crippen molar-refractivity contribution in [1.29, 1.82) is 0 Å². The van der Waals surface area contributed by atoms with E-state index in [2.05, 4.69) is 5.32 Å². The molecule has 1 heterocycles. The first-order valence-electron chi connectivity index (χ1n) is 4.41. The molecule has 0 unspecified atom stereocenters. The molecule has 0 spiro atoms. The number of rotatable bonds is 2. The summed E-state index contributed by atoms with van der Waals surface area (Å²) in [5.74, 6) is 1.11. The van der Waals surface area contributed by atoms with Crippen LogP contribution in [0.1, 0.15) is 10.4 Å². The molecule has 14 heavy (non-hydrogen) atoms. The van der Waals surface area contributed by atoms with E-state index >= 15 is 0 Å². The minimum absolute atomic E-state index is 0.0214. The number of alkyl halides is 1. The molecule has 4 heteroatoms. The molecule has 0 aromatic heterocycles. The number of carbonyl (C=O) groups is 1. The molecule has 0 fully saturated rings. The fourth-order valence-electron chi connectivity index (χ4n) is 1.39. The SMILES string of the molecule is O=C(CCl)c1ccc2c(c1)NCCS2. The van der Waals surface area contributed by atoms with Gasteiger partial charge in [-0.15, -0.1) is 23.4 Å². The summed E-state index contributed by atoms with van der Waals surface area (Å²) in [6.07, 6.45) is 0. The highest BCUT2D eigenvalue weighted by molar-refractivity contribution is 7.99. The van der Waals surface area contributed by atoms with Gasteiger partial charge < -0.3 is 5.32 Å².